The number of nitrogens with zero attached hydrogens (tertiary/aromatic N) is 3. The molecule has 0 unspecified atom stereocenters. The number of rotatable bonds is 5. The first-order valence-corrected chi connectivity index (χ1v) is 9.84. The van der Waals surface area contributed by atoms with Gasteiger partial charge in [0, 0.05) is 12.0 Å². The van der Waals surface area contributed by atoms with E-state index in [0.717, 1.165) is 42.8 Å². The van der Waals surface area contributed by atoms with Gasteiger partial charge in [-0.3, -0.25) is 0 Å². The maximum Gasteiger partial charge on any atom is 0.407 e. The molecule has 0 saturated heterocycles. The topological polar surface area (TPSA) is 78.3 Å². The lowest BCUT2D eigenvalue weighted by molar-refractivity contribution is 0.0491. The summed E-state index contributed by atoms with van der Waals surface area (Å²) in [4.78, 5) is 16.4. The van der Waals surface area contributed by atoms with E-state index in [4.69, 9.17) is 9.47 Å². The molecule has 152 valence electrons. The minimum atomic E-state index is -0.470. The normalized spacial score (nSPS) is 19.9. The third kappa shape index (κ3) is 5.71. The van der Waals surface area contributed by atoms with Gasteiger partial charge in [-0.15, -0.1) is 0 Å². The van der Waals surface area contributed by atoms with Crippen molar-refractivity contribution in [3.8, 4) is 5.75 Å². The average Bonchev–Trinajstić information content (AvgIpc) is 3.10. The molecule has 0 aliphatic heterocycles. The highest BCUT2D eigenvalue weighted by molar-refractivity contribution is 5.68. The van der Waals surface area contributed by atoms with Crippen LogP contribution in [0.15, 0.2) is 30.6 Å². The van der Waals surface area contributed by atoms with Crippen molar-refractivity contribution in [1.82, 2.24) is 20.1 Å². The van der Waals surface area contributed by atoms with Gasteiger partial charge in [0.25, 0.3) is 0 Å². The smallest absolute Gasteiger partial charge is 0.407 e. The number of ether oxygens (including phenoxy) is 2. The molecular formula is C21H30N4O3. The Morgan fingerprint density at radius 2 is 1.86 bits per heavy atom. The minimum Gasteiger partial charge on any atom is -0.497 e. The first-order chi connectivity index (χ1) is 13.3. The molecule has 1 aromatic heterocycles. The zero-order valence-corrected chi connectivity index (χ0v) is 17.1. The van der Waals surface area contributed by atoms with Crippen molar-refractivity contribution in [2.45, 2.75) is 70.6 Å². The van der Waals surface area contributed by atoms with Crippen LogP contribution >= 0.6 is 0 Å². The van der Waals surface area contributed by atoms with Crippen molar-refractivity contribution in [1.29, 1.82) is 0 Å². The van der Waals surface area contributed by atoms with Gasteiger partial charge < -0.3 is 14.8 Å². The fraction of sp³-hybridized carbons (Fsp3) is 0.571. The van der Waals surface area contributed by atoms with Crippen LogP contribution in [0.25, 0.3) is 0 Å². The Morgan fingerprint density at radius 3 is 2.46 bits per heavy atom. The zero-order valence-electron chi connectivity index (χ0n) is 17.1. The Hall–Kier alpha value is -2.57. The minimum absolute atomic E-state index is 0.160. The van der Waals surface area contributed by atoms with Crippen LogP contribution in [0.1, 0.15) is 63.8 Å². The molecule has 1 heterocycles. The molecule has 2 aromatic rings. The van der Waals surface area contributed by atoms with Crippen LogP contribution < -0.4 is 10.1 Å². The monoisotopic (exact) mass is 386 g/mol. The number of carbonyl (C=O) groups is 1. The Kier molecular flexibility index (Phi) is 6.21. The molecule has 1 fully saturated rings. The van der Waals surface area contributed by atoms with Crippen LogP contribution in [0.4, 0.5) is 4.79 Å². The Balaban J connectivity index is 1.49. The molecule has 0 spiro atoms. The highest BCUT2D eigenvalue weighted by atomic mass is 16.6. The summed E-state index contributed by atoms with van der Waals surface area (Å²) in [5.74, 6) is 2.08. The Morgan fingerprint density at radius 1 is 1.18 bits per heavy atom. The van der Waals surface area contributed by atoms with E-state index in [2.05, 4.69) is 15.4 Å². The van der Waals surface area contributed by atoms with E-state index in [1.54, 1.807) is 13.4 Å². The molecule has 1 aliphatic carbocycles. The number of aromatic nitrogens is 3. The van der Waals surface area contributed by atoms with Crippen LogP contribution in [-0.2, 0) is 11.3 Å². The number of methoxy groups -OCH3 is 1. The summed E-state index contributed by atoms with van der Waals surface area (Å²) >= 11 is 0. The van der Waals surface area contributed by atoms with E-state index in [9.17, 15) is 4.79 Å². The van der Waals surface area contributed by atoms with Gasteiger partial charge in [0.15, 0.2) is 5.82 Å². The number of nitrogens with one attached hydrogen (secondary N) is 1. The van der Waals surface area contributed by atoms with E-state index in [0.29, 0.717) is 12.5 Å². The highest BCUT2D eigenvalue weighted by Crippen LogP contribution is 2.31. The number of alkyl carbamates (subject to hydrolysis) is 1. The van der Waals surface area contributed by atoms with Gasteiger partial charge in [-0.05, 0) is 64.2 Å². The van der Waals surface area contributed by atoms with E-state index >= 15 is 0 Å². The number of hydrogen-bond acceptors (Lipinski definition) is 5. The molecule has 0 radical (unpaired) electrons. The predicted molar refractivity (Wildman–Crippen MR) is 106 cm³/mol. The summed E-state index contributed by atoms with van der Waals surface area (Å²) in [5.41, 5.74) is 0.685. The summed E-state index contributed by atoms with van der Waals surface area (Å²) < 4.78 is 12.4. The van der Waals surface area contributed by atoms with Crippen LogP contribution in [-0.4, -0.2) is 39.6 Å². The van der Waals surface area contributed by atoms with Crippen LogP contribution in [0, 0.1) is 0 Å². The molecule has 28 heavy (non-hydrogen) atoms. The fourth-order valence-electron chi connectivity index (χ4n) is 3.46. The first kappa shape index (κ1) is 20.2. The molecule has 3 rings (SSSR count). The average molecular weight is 386 g/mol. The molecule has 1 N–H and O–H groups in total. The number of carbonyl (C=O) groups excluding carboxylic acids is 1. The molecule has 7 heteroatoms. The molecule has 0 atom stereocenters. The Bertz CT molecular complexity index is 772. The second-order valence-corrected chi connectivity index (χ2v) is 8.34. The van der Waals surface area contributed by atoms with Crippen molar-refractivity contribution < 1.29 is 14.3 Å². The van der Waals surface area contributed by atoms with Crippen molar-refractivity contribution in [2.75, 3.05) is 7.11 Å². The van der Waals surface area contributed by atoms with E-state index in [-0.39, 0.29) is 12.1 Å². The molecule has 7 nitrogen and oxygen atoms in total. The number of benzene rings is 1. The van der Waals surface area contributed by atoms with Crippen LogP contribution in [0.3, 0.4) is 0 Å². The number of hydrogen-bond donors (Lipinski definition) is 1. The summed E-state index contributed by atoms with van der Waals surface area (Å²) in [6.07, 6.45) is 5.22. The van der Waals surface area contributed by atoms with Crippen molar-refractivity contribution >= 4 is 6.09 Å². The lowest BCUT2D eigenvalue weighted by atomic mass is 9.85. The van der Waals surface area contributed by atoms with Crippen LogP contribution in [0.5, 0.6) is 5.75 Å². The third-order valence-corrected chi connectivity index (χ3v) is 4.87. The molecule has 1 aliphatic rings. The summed E-state index contributed by atoms with van der Waals surface area (Å²) in [6, 6.07) is 8.13. The summed E-state index contributed by atoms with van der Waals surface area (Å²) in [7, 11) is 1.66. The van der Waals surface area contributed by atoms with Gasteiger partial charge in [-0.25, -0.2) is 14.5 Å². The second kappa shape index (κ2) is 8.63. The third-order valence-electron chi connectivity index (χ3n) is 4.87. The van der Waals surface area contributed by atoms with E-state index in [1.807, 2.05) is 49.7 Å². The van der Waals surface area contributed by atoms with Gasteiger partial charge in [0.05, 0.1) is 13.7 Å². The van der Waals surface area contributed by atoms with Crippen molar-refractivity contribution in [2.24, 2.45) is 0 Å². The predicted octanol–water partition coefficient (Wildman–Crippen LogP) is 3.89. The largest absolute Gasteiger partial charge is 0.497 e. The Labute approximate surface area is 166 Å². The highest BCUT2D eigenvalue weighted by Gasteiger charge is 2.27. The summed E-state index contributed by atoms with van der Waals surface area (Å²) in [6.45, 7) is 6.30. The molecule has 1 amide bonds. The fourth-order valence-corrected chi connectivity index (χ4v) is 3.46. The first-order valence-electron chi connectivity index (χ1n) is 9.84. The molecule has 0 bridgehead atoms. The molecule has 1 aromatic carbocycles. The second-order valence-electron chi connectivity index (χ2n) is 8.34. The maximum atomic E-state index is 11.9. The van der Waals surface area contributed by atoms with Gasteiger partial charge in [-0.2, -0.15) is 5.10 Å². The lowest BCUT2D eigenvalue weighted by Gasteiger charge is -2.28. The maximum absolute atomic E-state index is 11.9. The standard InChI is InChI=1S/C21H30N4O3/c1-21(2,3)28-20(26)23-17-9-7-16(8-10-17)19-22-14-25(24-19)13-15-5-11-18(27-4)12-6-15/h5-6,11-12,14,16-17H,7-10,13H2,1-4H3,(H,23,26). The van der Waals surface area contributed by atoms with Gasteiger partial charge in [-0.1, -0.05) is 12.1 Å². The van der Waals surface area contributed by atoms with E-state index in [1.165, 1.54) is 0 Å². The number of amides is 1. The van der Waals surface area contributed by atoms with Crippen molar-refractivity contribution in [3.05, 3.63) is 42.0 Å². The van der Waals surface area contributed by atoms with Gasteiger partial charge in [0.1, 0.15) is 17.7 Å². The summed E-state index contributed by atoms with van der Waals surface area (Å²) in [5, 5.41) is 7.65. The SMILES string of the molecule is COc1ccc(Cn2cnc(C3CCC(NC(=O)OC(C)(C)C)CC3)n2)cc1. The van der Waals surface area contributed by atoms with Gasteiger partial charge in [0.2, 0.25) is 0 Å². The lowest BCUT2D eigenvalue weighted by Crippen LogP contribution is -2.40. The van der Waals surface area contributed by atoms with Crippen molar-refractivity contribution in [3.63, 3.8) is 0 Å². The van der Waals surface area contributed by atoms with Gasteiger partial charge >= 0.3 is 6.09 Å². The zero-order chi connectivity index (χ0) is 20.1. The quantitative estimate of drug-likeness (QED) is 0.843. The molecule has 1 saturated carbocycles. The van der Waals surface area contributed by atoms with E-state index < -0.39 is 5.60 Å². The van der Waals surface area contributed by atoms with Crippen LogP contribution in [0.2, 0.25) is 0 Å². The molecular weight excluding hydrogens is 356 g/mol.